The van der Waals surface area contributed by atoms with Crippen molar-refractivity contribution in [3.63, 3.8) is 0 Å². The van der Waals surface area contributed by atoms with Crippen LogP contribution in [0.1, 0.15) is 20.3 Å². The molecule has 1 fully saturated rings. The number of carbonyl (C=O) groups excluding carboxylic acids is 1. The van der Waals surface area contributed by atoms with E-state index in [1.54, 1.807) is 6.08 Å². The fourth-order valence-electron chi connectivity index (χ4n) is 2.00. The Morgan fingerprint density at radius 3 is 2.69 bits per heavy atom. The molecule has 13 heavy (non-hydrogen) atoms. The molecule has 4 heteroatoms. The molecular weight excluding hydrogens is 170 g/mol. The van der Waals surface area contributed by atoms with Crippen molar-refractivity contribution in [1.82, 2.24) is 4.90 Å². The maximum Gasteiger partial charge on any atom is 0.352 e. The molecule has 70 valence electrons. The summed E-state index contributed by atoms with van der Waals surface area (Å²) in [7, 11) is 0. The number of fused-ring (bicyclic) bond motifs is 1. The first-order valence-corrected chi connectivity index (χ1v) is 4.22. The maximum atomic E-state index is 11.1. The first-order chi connectivity index (χ1) is 5.93. The molecule has 0 aromatic rings. The van der Waals surface area contributed by atoms with E-state index >= 15 is 0 Å². The number of aliphatic carboxylic acids is 1. The van der Waals surface area contributed by atoms with E-state index in [9.17, 15) is 9.59 Å². The Kier molecular flexibility index (Phi) is 1.36. The number of carboxylic acid groups (broad SMARTS) is 1. The van der Waals surface area contributed by atoms with E-state index in [-0.39, 0.29) is 23.1 Å². The van der Waals surface area contributed by atoms with Gasteiger partial charge in [-0.05, 0) is 6.08 Å². The van der Waals surface area contributed by atoms with Crippen LogP contribution in [0.4, 0.5) is 0 Å². The second-order valence-electron chi connectivity index (χ2n) is 4.14. The van der Waals surface area contributed by atoms with Gasteiger partial charge in [0.15, 0.2) is 0 Å². The topological polar surface area (TPSA) is 57.6 Å². The van der Waals surface area contributed by atoms with Gasteiger partial charge in [-0.15, -0.1) is 0 Å². The third-order valence-electron chi connectivity index (χ3n) is 2.79. The van der Waals surface area contributed by atoms with Crippen molar-refractivity contribution in [2.24, 2.45) is 5.41 Å². The van der Waals surface area contributed by atoms with E-state index in [0.717, 1.165) is 0 Å². The van der Waals surface area contributed by atoms with Gasteiger partial charge in [-0.25, -0.2) is 4.79 Å². The van der Waals surface area contributed by atoms with Crippen molar-refractivity contribution in [2.75, 3.05) is 0 Å². The summed E-state index contributed by atoms with van der Waals surface area (Å²) in [4.78, 5) is 23.3. The summed E-state index contributed by atoms with van der Waals surface area (Å²) in [6, 6.07) is 0.0612. The monoisotopic (exact) mass is 181 g/mol. The highest BCUT2D eigenvalue weighted by atomic mass is 16.4. The van der Waals surface area contributed by atoms with Gasteiger partial charge in [-0.1, -0.05) is 13.8 Å². The zero-order chi connectivity index (χ0) is 9.80. The minimum Gasteiger partial charge on any atom is -0.477 e. The minimum absolute atomic E-state index is 0.0612. The van der Waals surface area contributed by atoms with E-state index in [1.807, 2.05) is 13.8 Å². The number of hydrogen-bond acceptors (Lipinski definition) is 2. The van der Waals surface area contributed by atoms with Crippen LogP contribution in [0, 0.1) is 5.41 Å². The second-order valence-corrected chi connectivity index (χ2v) is 4.14. The molecule has 4 nitrogen and oxygen atoms in total. The molecule has 2 heterocycles. The first-order valence-electron chi connectivity index (χ1n) is 4.22. The predicted octanol–water partition coefficient (Wildman–Crippen LogP) is 0.596. The van der Waals surface area contributed by atoms with Gasteiger partial charge in [0.1, 0.15) is 5.70 Å². The molecule has 1 amide bonds. The number of carbonyl (C=O) groups is 2. The Morgan fingerprint density at radius 2 is 2.31 bits per heavy atom. The second kappa shape index (κ2) is 2.13. The number of amides is 1. The van der Waals surface area contributed by atoms with Crippen LogP contribution in [-0.2, 0) is 9.59 Å². The summed E-state index contributed by atoms with van der Waals surface area (Å²) in [6.45, 7) is 3.90. The van der Waals surface area contributed by atoms with Crippen molar-refractivity contribution in [1.29, 1.82) is 0 Å². The molecule has 1 N–H and O–H groups in total. The Balaban J connectivity index is 2.38. The number of carboxylic acids is 1. The molecule has 1 saturated heterocycles. The van der Waals surface area contributed by atoms with Crippen LogP contribution in [0.3, 0.4) is 0 Å². The fourth-order valence-corrected chi connectivity index (χ4v) is 2.00. The molecular formula is C9H11NO3. The molecule has 0 unspecified atom stereocenters. The zero-order valence-electron chi connectivity index (χ0n) is 7.57. The van der Waals surface area contributed by atoms with Gasteiger partial charge >= 0.3 is 5.97 Å². The number of β-lactam (4-membered cyclic amide) rings is 1. The Hall–Kier alpha value is -1.32. The molecule has 0 saturated carbocycles. The lowest BCUT2D eigenvalue weighted by atomic mass is 9.81. The molecule has 2 aliphatic rings. The van der Waals surface area contributed by atoms with E-state index in [1.165, 1.54) is 4.90 Å². The van der Waals surface area contributed by atoms with Crippen molar-refractivity contribution in [3.8, 4) is 0 Å². The number of hydrogen-bond donors (Lipinski definition) is 1. The van der Waals surface area contributed by atoms with Crippen LogP contribution in [0.5, 0.6) is 0 Å². The van der Waals surface area contributed by atoms with Crippen LogP contribution in [0.2, 0.25) is 0 Å². The molecule has 0 spiro atoms. The Morgan fingerprint density at radius 1 is 1.69 bits per heavy atom. The van der Waals surface area contributed by atoms with Crippen molar-refractivity contribution in [2.45, 2.75) is 26.3 Å². The van der Waals surface area contributed by atoms with E-state index in [4.69, 9.17) is 5.11 Å². The highest BCUT2D eigenvalue weighted by molar-refractivity contribution is 5.97. The normalized spacial score (nSPS) is 29.4. The van der Waals surface area contributed by atoms with Crippen LogP contribution < -0.4 is 0 Å². The van der Waals surface area contributed by atoms with Crippen molar-refractivity contribution < 1.29 is 14.7 Å². The average Bonchev–Trinajstić information content (AvgIpc) is 2.18. The molecule has 0 bridgehead atoms. The molecule has 0 aromatic heterocycles. The van der Waals surface area contributed by atoms with Gasteiger partial charge in [-0.3, -0.25) is 4.79 Å². The molecule has 0 radical (unpaired) electrons. The van der Waals surface area contributed by atoms with Crippen LogP contribution in [0.15, 0.2) is 11.8 Å². The van der Waals surface area contributed by atoms with Crippen molar-refractivity contribution in [3.05, 3.63) is 11.8 Å². The van der Waals surface area contributed by atoms with Gasteiger partial charge < -0.3 is 10.0 Å². The smallest absolute Gasteiger partial charge is 0.352 e. The Bertz CT molecular complexity index is 330. The third-order valence-corrected chi connectivity index (χ3v) is 2.79. The third kappa shape index (κ3) is 0.913. The zero-order valence-corrected chi connectivity index (χ0v) is 7.57. The Labute approximate surface area is 75.8 Å². The van der Waals surface area contributed by atoms with Crippen molar-refractivity contribution >= 4 is 11.9 Å². The van der Waals surface area contributed by atoms with Gasteiger partial charge in [-0.2, -0.15) is 0 Å². The lowest BCUT2D eigenvalue weighted by molar-refractivity contribution is -0.149. The van der Waals surface area contributed by atoms with Crippen LogP contribution >= 0.6 is 0 Å². The number of rotatable bonds is 1. The lowest BCUT2D eigenvalue weighted by Gasteiger charge is -2.41. The highest BCUT2D eigenvalue weighted by Gasteiger charge is 2.52. The molecule has 0 aliphatic carbocycles. The van der Waals surface area contributed by atoms with E-state index in [2.05, 4.69) is 0 Å². The molecule has 2 aliphatic heterocycles. The van der Waals surface area contributed by atoms with Gasteiger partial charge in [0.05, 0.1) is 6.04 Å². The lowest BCUT2D eigenvalue weighted by Crippen LogP contribution is -2.54. The molecule has 1 atom stereocenters. The summed E-state index contributed by atoms with van der Waals surface area (Å²) in [5, 5.41) is 8.82. The minimum atomic E-state index is -1.01. The van der Waals surface area contributed by atoms with Crippen LogP contribution in [-0.4, -0.2) is 27.9 Å². The molecule has 0 aromatic carbocycles. The van der Waals surface area contributed by atoms with Gasteiger partial charge in [0, 0.05) is 11.8 Å². The standard InChI is InChI=1S/C9H11NO3/c1-9(2)4-5(8(12)13)10-6(9)3-7(10)11/h4,6H,3H2,1-2H3,(H,12,13)/t6-/m1/s1. The largest absolute Gasteiger partial charge is 0.477 e. The quantitative estimate of drug-likeness (QED) is 0.602. The van der Waals surface area contributed by atoms with E-state index in [0.29, 0.717) is 6.42 Å². The van der Waals surface area contributed by atoms with Crippen LogP contribution in [0.25, 0.3) is 0 Å². The first kappa shape index (κ1) is 8.29. The summed E-state index contributed by atoms with van der Waals surface area (Å²) < 4.78 is 0. The van der Waals surface area contributed by atoms with Gasteiger partial charge in [0.2, 0.25) is 5.91 Å². The summed E-state index contributed by atoms with van der Waals surface area (Å²) in [5.41, 5.74) is -0.0481. The van der Waals surface area contributed by atoms with Gasteiger partial charge in [0.25, 0.3) is 0 Å². The maximum absolute atomic E-state index is 11.1. The SMILES string of the molecule is CC1(C)C=C(C(=O)O)N2C(=O)C[C@@H]21. The average molecular weight is 181 g/mol. The summed E-state index contributed by atoms with van der Waals surface area (Å²) in [5.74, 6) is -1.09. The summed E-state index contributed by atoms with van der Waals surface area (Å²) in [6.07, 6.45) is 2.14. The van der Waals surface area contributed by atoms with E-state index < -0.39 is 5.97 Å². The molecule has 2 rings (SSSR count). The predicted molar refractivity (Wildman–Crippen MR) is 44.8 cm³/mol. The number of nitrogens with zero attached hydrogens (tertiary/aromatic N) is 1. The summed E-state index contributed by atoms with van der Waals surface area (Å²) >= 11 is 0. The fraction of sp³-hybridized carbons (Fsp3) is 0.556. The highest BCUT2D eigenvalue weighted by Crippen LogP contribution is 2.45.